The molecule has 1 aromatic carbocycles. The van der Waals surface area contributed by atoms with Gasteiger partial charge < -0.3 is 10.6 Å². The molecule has 1 aliphatic carbocycles. The topological polar surface area (TPSA) is 66.0 Å². The van der Waals surface area contributed by atoms with Crippen LogP contribution in [-0.2, 0) is 0 Å². The second kappa shape index (κ2) is 5.12. The molecule has 3 N–H and O–H groups in total. The summed E-state index contributed by atoms with van der Waals surface area (Å²) < 4.78 is 0. The maximum Gasteiger partial charge on any atom is 0.130 e. The van der Waals surface area contributed by atoms with Gasteiger partial charge in [-0.25, -0.2) is 4.98 Å². The summed E-state index contributed by atoms with van der Waals surface area (Å²) >= 11 is 0. The number of benzene rings is 1. The molecule has 20 heavy (non-hydrogen) atoms. The minimum atomic E-state index is 0.108. The summed E-state index contributed by atoms with van der Waals surface area (Å²) in [5.74, 6) is 1.07. The predicted molar refractivity (Wildman–Crippen MR) is 83.4 cm³/mol. The van der Waals surface area contributed by atoms with Gasteiger partial charge in [0.1, 0.15) is 11.7 Å². The summed E-state index contributed by atoms with van der Waals surface area (Å²) in [6, 6.07) is 10.5. The molecular weight excluding hydrogens is 248 g/mol. The molecule has 1 aliphatic rings. The van der Waals surface area contributed by atoms with E-state index in [1.54, 1.807) is 0 Å². The second-order valence-electron chi connectivity index (χ2n) is 5.38. The molecule has 0 aliphatic heterocycles. The van der Waals surface area contributed by atoms with E-state index in [4.69, 9.17) is 16.1 Å². The Balaban J connectivity index is 2.13. The minimum Gasteiger partial charge on any atom is -0.384 e. The average molecular weight is 268 g/mol. The van der Waals surface area contributed by atoms with E-state index >= 15 is 0 Å². The summed E-state index contributed by atoms with van der Waals surface area (Å²) in [6.45, 7) is 3.19. The number of aromatic nitrogens is 1. The van der Waals surface area contributed by atoms with Crippen molar-refractivity contribution in [3.05, 3.63) is 35.9 Å². The number of nitrogens with zero attached hydrogens (tertiary/aromatic N) is 2. The molecule has 2 aromatic rings. The molecule has 0 atom stereocenters. The summed E-state index contributed by atoms with van der Waals surface area (Å²) in [5.41, 5.74) is 7.45. The monoisotopic (exact) mass is 268 g/mol. The molecule has 0 spiro atoms. The third-order valence-corrected chi connectivity index (χ3v) is 3.74. The molecule has 1 saturated carbocycles. The number of hydrogen-bond acceptors (Lipinski definition) is 3. The van der Waals surface area contributed by atoms with Gasteiger partial charge in [0, 0.05) is 23.5 Å². The van der Waals surface area contributed by atoms with Crippen LogP contribution >= 0.6 is 0 Å². The number of pyridine rings is 1. The largest absolute Gasteiger partial charge is 0.384 e. The van der Waals surface area contributed by atoms with Gasteiger partial charge in [0.2, 0.25) is 0 Å². The van der Waals surface area contributed by atoms with E-state index in [9.17, 15) is 0 Å². The SMILES string of the molecule is CCCN(c1cc(C(=N)N)c2ccccc2n1)C1CC1. The standard InChI is InChI=1S/C16H20N4/c1-2-9-20(11-7-8-11)15-10-13(16(17)18)12-5-3-4-6-14(12)19-15/h3-6,10-11H,2,7-9H2,1H3,(H3,17,18). The summed E-state index contributed by atoms with van der Waals surface area (Å²) in [7, 11) is 0. The third-order valence-electron chi connectivity index (χ3n) is 3.74. The highest BCUT2D eigenvalue weighted by Crippen LogP contribution is 2.32. The van der Waals surface area contributed by atoms with E-state index in [2.05, 4.69) is 11.8 Å². The van der Waals surface area contributed by atoms with E-state index < -0.39 is 0 Å². The van der Waals surface area contributed by atoms with Crippen LogP contribution in [0.2, 0.25) is 0 Å². The van der Waals surface area contributed by atoms with Crippen molar-refractivity contribution in [2.45, 2.75) is 32.2 Å². The first-order valence-corrected chi connectivity index (χ1v) is 7.21. The lowest BCUT2D eigenvalue weighted by molar-refractivity contribution is 0.752. The van der Waals surface area contributed by atoms with Gasteiger partial charge >= 0.3 is 0 Å². The zero-order valence-electron chi connectivity index (χ0n) is 11.8. The highest BCUT2D eigenvalue weighted by atomic mass is 15.2. The normalized spacial score (nSPS) is 14.4. The van der Waals surface area contributed by atoms with E-state index in [1.165, 1.54) is 12.8 Å². The lowest BCUT2D eigenvalue weighted by atomic mass is 10.1. The number of para-hydroxylation sites is 1. The van der Waals surface area contributed by atoms with Crippen molar-refractivity contribution >= 4 is 22.6 Å². The van der Waals surface area contributed by atoms with Crippen LogP contribution < -0.4 is 10.6 Å². The first-order valence-electron chi connectivity index (χ1n) is 7.21. The molecule has 0 amide bonds. The van der Waals surface area contributed by atoms with Crippen LogP contribution in [0.3, 0.4) is 0 Å². The van der Waals surface area contributed by atoms with Crippen molar-refractivity contribution in [3.63, 3.8) is 0 Å². The molecule has 0 bridgehead atoms. The molecule has 1 fully saturated rings. The fraction of sp³-hybridized carbons (Fsp3) is 0.375. The molecule has 3 rings (SSSR count). The van der Waals surface area contributed by atoms with Crippen LogP contribution in [0.5, 0.6) is 0 Å². The highest BCUT2D eigenvalue weighted by Gasteiger charge is 2.29. The third kappa shape index (κ3) is 2.33. The Bertz CT molecular complexity index is 646. The Labute approximate surface area is 119 Å². The molecule has 1 aromatic heterocycles. The molecule has 0 unspecified atom stereocenters. The Morgan fingerprint density at radius 3 is 2.80 bits per heavy atom. The zero-order valence-corrected chi connectivity index (χ0v) is 11.8. The van der Waals surface area contributed by atoms with Gasteiger partial charge in [-0.05, 0) is 31.4 Å². The smallest absolute Gasteiger partial charge is 0.130 e. The zero-order chi connectivity index (χ0) is 14.1. The maximum atomic E-state index is 7.81. The number of nitrogens with two attached hydrogens (primary N) is 1. The number of nitrogens with one attached hydrogen (secondary N) is 1. The van der Waals surface area contributed by atoms with E-state index in [0.29, 0.717) is 6.04 Å². The van der Waals surface area contributed by atoms with Crippen LogP contribution in [0, 0.1) is 5.41 Å². The summed E-state index contributed by atoms with van der Waals surface area (Å²) in [5, 5.41) is 8.77. The second-order valence-corrected chi connectivity index (χ2v) is 5.38. The molecule has 4 nitrogen and oxygen atoms in total. The van der Waals surface area contributed by atoms with Crippen molar-refractivity contribution in [3.8, 4) is 0 Å². The van der Waals surface area contributed by atoms with Crippen molar-refractivity contribution in [2.24, 2.45) is 5.73 Å². The number of nitrogen functional groups attached to an aromatic ring is 1. The van der Waals surface area contributed by atoms with Crippen LogP contribution in [0.25, 0.3) is 10.9 Å². The highest BCUT2D eigenvalue weighted by molar-refractivity contribution is 6.07. The van der Waals surface area contributed by atoms with Crippen molar-refractivity contribution in [1.82, 2.24) is 4.98 Å². The Morgan fingerprint density at radius 1 is 1.40 bits per heavy atom. The molecule has 1 heterocycles. The van der Waals surface area contributed by atoms with Crippen LogP contribution in [0.1, 0.15) is 31.7 Å². The molecule has 104 valence electrons. The van der Waals surface area contributed by atoms with Gasteiger partial charge in [0.05, 0.1) is 5.52 Å². The van der Waals surface area contributed by atoms with Gasteiger partial charge in [-0.1, -0.05) is 25.1 Å². The summed E-state index contributed by atoms with van der Waals surface area (Å²) in [6.07, 6.45) is 3.58. The lowest BCUT2D eigenvalue weighted by Crippen LogP contribution is -2.28. The number of amidine groups is 1. The van der Waals surface area contributed by atoms with Crippen molar-refractivity contribution < 1.29 is 0 Å². The maximum absolute atomic E-state index is 7.81. The Morgan fingerprint density at radius 2 is 2.15 bits per heavy atom. The fourth-order valence-corrected chi connectivity index (χ4v) is 2.64. The Kier molecular flexibility index (Phi) is 3.30. The number of anilines is 1. The number of fused-ring (bicyclic) bond motifs is 1. The average Bonchev–Trinajstić information content (AvgIpc) is 3.28. The van der Waals surface area contributed by atoms with E-state index in [1.807, 2.05) is 30.3 Å². The molecule has 0 saturated heterocycles. The minimum absolute atomic E-state index is 0.108. The van der Waals surface area contributed by atoms with Gasteiger partial charge in [-0.15, -0.1) is 0 Å². The Hall–Kier alpha value is -2.10. The van der Waals surface area contributed by atoms with Crippen LogP contribution in [0.15, 0.2) is 30.3 Å². The molecular formula is C16H20N4. The van der Waals surface area contributed by atoms with Gasteiger partial charge in [-0.3, -0.25) is 5.41 Å². The van der Waals surface area contributed by atoms with Gasteiger partial charge in [0.15, 0.2) is 0 Å². The molecule has 4 heteroatoms. The summed E-state index contributed by atoms with van der Waals surface area (Å²) in [4.78, 5) is 7.13. The predicted octanol–water partition coefficient (Wildman–Crippen LogP) is 2.90. The van der Waals surface area contributed by atoms with Crippen molar-refractivity contribution in [1.29, 1.82) is 5.41 Å². The number of hydrogen-bond donors (Lipinski definition) is 2. The van der Waals surface area contributed by atoms with E-state index in [0.717, 1.165) is 35.2 Å². The quantitative estimate of drug-likeness (QED) is 0.647. The number of rotatable bonds is 5. The first kappa shape index (κ1) is 12.9. The molecule has 0 radical (unpaired) electrons. The fourth-order valence-electron chi connectivity index (χ4n) is 2.64. The van der Waals surface area contributed by atoms with Crippen LogP contribution in [-0.4, -0.2) is 23.4 Å². The van der Waals surface area contributed by atoms with Gasteiger partial charge in [0.25, 0.3) is 0 Å². The van der Waals surface area contributed by atoms with E-state index in [-0.39, 0.29) is 5.84 Å². The van der Waals surface area contributed by atoms with Gasteiger partial charge in [-0.2, -0.15) is 0 Å². The van der Waals surface area contributed by atoms with Crippen molar-refractivity contribution in [2.75, 3.05) is 11.4 Å². The lowest BCUT2D eigenvalue weighted by Gasteiger charge is -2.24. The van der Waals surface area contributed by atoms with Crippen LogP contribution in [0.4, 0.5) is 5.82 Å². The first-order chi connectivity index (χ1) is 9.70.